The highest BCUT2D eigenvalue weighted by molar-refractivity contribution is 5.84. The van der Waals surface area contributed by atoms with E-state index in [1.807, 2.05) is 0 Å². The van der Waals surface area contributed by atoms with Crippen LogP contribution in [0.2, 0.25) is 0 Å². The molecule has 0 aromatic carbocycles. The number of nitrogens with zero attached hydrogens (tertiary/aromatic N) is 2. The molecule has 1 aliphatic rings. The van der Waals surface area contributed by atoms with Gasteiger partial charge in [0.25, 0.3) is 0 Å². The van der Waals surface area contributed by atoms with Crippen LogP contribution in [0.4, 0.5) is 0 Å². The molecule has 15 heavy (non-hydrogen) atoms. The number of hydrogen-bond acceptors (Lipinski definition) is 2. The summed E-state index contributed by atoms with van der Waals surface area (Å²) in [5, 5.41) is 12.8. The number of aromatic carboxylic acids is 1. The van der Waals surface area contributed by atoms with Gasteiger partial charge in [-0.25, -0.2) is 4.79 Å². The number of rotatable bonds is 3. The Morgan fingerprint density at radius 3 is 2.80 bits per heavy atom. The SMILES string of the molecule is CC1(Cn2ccc(C(=O)O)n2)CCCC1. The molecule has 0 saturated heterocycles. The Hall–Kier alpha value is -1.32. The van der Waals surface area contributed by atoms with Crippen LogP contribution in [0.1, 0.15) is 43.1 Å². The Morgan fingerprint density at radius 1 is 1.60 bits per heavy atom. The second-order valence-electron chi connectivity index (χ2n) is 4.72. The number of aromatic nitrogens is 2. The third-order valence-corrected chi connectivity index (χ3v) is 3.21. The molecule has 1 aliphatic carbocycles. The first-order chi connectivity index (χ1) is 7.09. The molecular weight excluding hydrogens is 192 g/mol. The van der Waals surface area contributed by atoms with Gasteiger partial charge in [-0.2, -0.15) is 5.10 Å². The normalized spacial score (nSPS) is 19.3. The van der Waals surface area contributed by atoms with Crippen molar-refractivity contribution >= 4 is 5.97 Å². The first-order valence-electron chi connectivity index (χ1n) is 5.36. The highest BCUT2D eigenvalue weighted by Gasteiger charge is 2.29. The summed E-state index contributed by atoms with van der Waals surface area (Å²) in [6, 6.07) is 1.56. The third-order valence-electron chi connectivity index (χ3n) is 3.21. The van der Waals surface area contributed by atoms with Crippen LogP contribution in [0.25, 0.3) is 0 Å². The molecule has 1 aromatic heterocycles. The molecule has 4 nitrogen and oxygen atoms in total. The molecule has 4 heteroatoms. The van der Waals surface area contributed by atoms with Crippen molar-refractivity contribution in [1.82, 2.24) is 9.78 Å². The Kier molecular flexibility index (Phi) is 2.50. The maximum Gasteiger partial charge on any atom is 0.356 e. The third kappa shape index (κ3) is 2.19. The van der Waals surface area contributed by atoms with E-state index in [-0.39, 0.29) is 5.69 Å². The van der Waals surface area contributed by atoms with Crippen molar-refractivity contribution in [3.8, 4) is 0 Å². The van der Waals surface area contributed by atoms with Crippen LogP contribution >= 0.6 is 0 Å². The molecule has 82 valence electrons. The Morgan fingerprint density at radius 2 is 2.27 bits per heavy atom. The zero-order chi connectivity index (χ0) is 10.9. The van der Waals surface area contributed by atoms with Crippen molar-refractivity contribution in [2.24, 2.45) is 5.41 Å². The van der Waals surface area contributed by atoms with Crippen LogP contribution in [-0.2, 0) is 6.54 Å². The van der Waals surface area contributed by atoms with Crippen molar-refractivity contribution in [3.05, 3.63) is 18.0 Å². The molecule has 0 atom stereocenters. The van der Waals surface area contributed by atoms with Gasteiger partial charge in [0.2, 0.25) is 0 Å². The summed E-state index contributed by atoms with van der Waals surface area (Å²) in [5.41, 5.74) is 0.443. The maximum atomic E-state index is 10.7. The van der Waals surface area contributed by atoms with E-state index in [1.54, 1.807) is 16.9 Å². The van der Waals surface area contributed by atoms with Gasteiger partial charge in [-0.15, -0.1) is 0 Å². The number of carbonyl (C=O) groups is 1. The van der Waals surface area contributed by atoms with E-state index >= 15 is 0 Å². The summed E-state index contributed by atoms with van der Waals surface area (Å²) in [4.78, 5) is 10.7. The van der Waals surface area contributed by atoms with Gasteiger partial charge in [-0.05, 0) is 24.3 Å². The summed E-state index contributed by atoms with van der Waals surface area (Å²) in [6.45, 7) is 3.09. The fourth-order valence-corrected chi connectivity index (χ4v) is 2.34. The summed E-state index contributed by atoms with van der Waals surface area (Å²) in [5.74, 6) is -0.953. The van der Waals surface area contributed by atoms with Gasteiger partial charge in [0.05, 0.1) is 0 Å². The van der Waals surface area contributed by atoms with Crippen LogP contribution in [0.3, 0.4) is 0 Å². The maximum absolute atomic E-state index is 10.7. The minimum Gasteiger partial charge on any atom is -0.476 e. The minimum absolute atomic E-state index is 0.136. The van der Waals surface area contributed by atoms with Crippen molar-refractivity contribution in [2.45, 2.75) is 39.2 Å². The Labute approximate surface area is 88.9 Å². The highest BCUT2D eigenvalue weighted by atomic mass is 16.4. The van der Waals surface area contributed by atoms with E-state index in [1.165, 1.54) is 25.7 Å². The second-order valence-corrected chi connectivity index (χ2v) is 4.72. The molecule has 1 N–H and O–H groups in total. The fourth-order valence-electron chi connectivity index (χ4n) is 2.34. The molecule has 0 unspecified atom stereocenters. The molecule has 0 radical (unpaired) electrons. The average Bonchev–Trinajstić information content (AvgIpc) is 2.75. The minimum atomic E-state index is -0.953. The predicted octanol–water partition coefficient (Wildman–Crippen LogP) is 2.16. The summed E-state index contributed by atoms with van der Waals surface area (Å²) in [7, 11) is 0. The molecule has 1 saturated carbocycles. The van der Waals surface area contributed by atoms with Gasteiger partial charge in [0.1, 0.15) is 0 Å². The lowest BCUT2D eigenvalue weighted by Gasteiger charge is -2.22. The van der Waals surface area contributed by atoms with Gasteiger partial charge in [-0.1, -0.05) is 19.8 Å². The molecule has 0 amide bonds. The summed E-state index contributed by atoms with van der Waals surface area (Å²) >= 11 is 0. The largest absolute Gasteiger partial charge is 0.476 e. The van der Waals surface area contributed by atoms with Crippen LogP contribution in [0.5, 0.6) is 0 Å². The van der Waals surface area contributed by atoms with Crippen LogP contribution in [0.15, 0.2) is 12.3 Å². The van der Waals surface area contributed by atoms with Gasteiger partial charge in [0, 0.05) is 12.7 Å². The zero-order valence-corrected chi connectivity index (χ0v) is 8.94. The van der Waals surface area contributed by atoms with Crippen molar-refractivity contribution in [1.29, 1.82) is 0 Å². The topological polar surface area (TPSA) is 55.1 Å². The number of carboxylic acids is 1. The molecule has 0 aliphatic heterocycles. The zero-order valence-electron chi connectivity index (χ0n) is 8.94. The molecule has 1 aromatic rings. The second kappa shape index (κ2) is 3.68. The Bertz CT molecular complexity index is 364. The summed E-state index contributed by atoms with van der Waals surface area (Å²) < 4.78 is 1.76. The molecule has 1 fully saturated rings. The van der Waals surface area contributed by atoms with E-state index < -0.39 is 5.97 Å². The van der Waals surface area contributed by atoms with E-state index in [4.69, 9.17) is 5.11 Å². The van der Waals surface area contributed by atoms with Gasteiger partial charge >= 0.3 is 5.97 Å². The van der Waals surface area contributed by atoms with Crippen LogP contribution in [0, 0.1) is 5.41 Å². The van der Waals surface area contributed by atoms with E-state index in [2.05, 4.69) is 12.0 Å². The first kappa shape index (κ1) is 10.2. The predicted molar refractivity (Wildman–Crippen MR) is 55.8 cm³/mol. The Balaban J connectivity index is 2.07. The van der Waals surface area contributed by atoms with E-state index in [0.29, 0.717) is 5.41 Å². The van der Waals surface area contributed by atoms with Gasteiger partial charge in [-0.3, -0.25) is 4.68 Å². The van der Waals surface area contributed by atoms with Crippen LogP contribution < -0.4 is 0 Å². The average molecular weight is 208 g/mol. The molecular formula is C11H16N2O2. The number of carboxylic acid groups (broad SMARTS) is 1. The lowest BCUT2D eigenvalue weighted by molar-refractivity contribution is 0.0688. The highest BCUT2D eigenvalue weighted by Crippen LogP contribution is 2.38. The van der Waals surface area contributed by atoms with Gasteiger partial charge in [0.15, 0.2) is 5.69 Å². The van der Waals surface area contributed by atoms with E-state index in [0.717, 1.165) is 6.54 Å². The molecule has 2 rings (SSSR count). The molecule has 1 heterocycles. The molecule has 0 spiro atoms. The van der Waals surface area contributed by atoms with E-state index in [9.17, 15) is 4.79 Å². The first-order valence-corrected chi connectivity index (χ1v) is 5.36. The fraction of sp³-hybridized carbons (Fsp3) is 0.636. The van der Waals surface area contributed by atoms with Crippen molar-refractivity contribution in [3.63, 3.8) is 0 Å². The monoisotopic (exact) mass is 208 g/mol. The van der Waals surface area contributed by atoms with Crippen molar-refractivity contribution < 1.29 is 9.90 Å². The lowest BCUT2D eigenvalue weighted by Crippen LogP contribution is -2.20. The van der Waals surface area contributed by atoms with Crippen molar-refractivity contribution in [2.75, 3.05) is 0 Å². The van der Waals surface area contributed by atoms with Crippen LogP contribution in [-0.4, -0.2) is 20.9 Å². The number of hydrogen-bond donors (Lipinski definition) is 1. The smallest absolute Gasteiger partial charge is 0.356 e. The van der Waals surface area contributed by atoms with Gasteiger partial charge < -0.3 is 5.11 Å². The summed E-state index contributed by atoms with van der Waals surface area (Å²) in [6.07, 6.45) is 6.75. The molecule has 0 bridgehead atoms. The lowest BCUT2D eigenvalue weighted by atomic mass is 9.89. The quantitative estimate of drug-likeness (QED) is 0.828. The standard InChI is InChI=1S/C11H16N2O2/c1-11(5-2-3-6-11)8-13-7-4-9(12-13)10(14)15/h4,7H,2-3,5-6,8H2,1H3,(H,14,15).